The van der Waals surface area contributed by atoms with Gasteiger partial charge in [0.05, 0.1) is 0 Å². The fourth-order valence-electron chi connectivity index (χ4n) is 2.94. The van der Waals surface area contributed by atoms with Crippen LogP contribution in [0.5, 0.6) is 5.75 Å². The van der Waals surface area contributed by atoms with Gasteiger partial charge in [-0.3, -0.25) is 9.69 Å². The molecule has 0 saturated carbocycles. The number of benzene rings is 1. The first-order chi connectivity index (χ1) is 9.88. The highest BCUT2D eigenvalue weighted by atomic mass is 19.3. The summed E-state index contributed by atoms with van der Waals surface area (Å²) in [5.41, 5.74) is 2.19. The summed E-state index contributed by atoms with van der Waals surface area (Å²) in [6, 6.07) is 3.10. The van der Waals surface area contributed by atoms with Crippen molar-refractivity contribution in [1.29, 1.82) is 0 Å². The van der Waals surface area contributed by atoms with Crippen molar-refractivity contribution in [2.45, 2.75) is 45.9 Å². The average molecular weight is 299 g/mol. The number of rotatable bonds is 5. The lowest BCUT2D eigenvalue weighted by molar-refractivity contribution is -0.142. The number of alkyl halides is 2. The second-order valence-corrected chi connectivity index (χ2v) is 5.40. The van der Waals surface area contributed by atoms with Crippen molar-refractivity contribution in [2.24, 2.45) is 0 Å². The van der Waals surface area contributed by atoms with E-state index in [0.717, 1.165) is 18.5 Å². The van der Waals surface area contributed by atoms with E-state index < -0.39 is 18.6 Å². The van der Waals surface area contributed by atoms with E-state index >= 15 is 0 Å². The van der Waals surface area contributed by atoms with E-state index in [-0.39, 0.29) is 5.75 Å². The molecule has 6 heteroatoms. The SMILES string of the molecule is Cc1cc(CN2CCCC2C(=O)O)cc(C)c1OC(F)F. The molecule has 1 atom stereocenters. The molecule has 0 radical (unpaired) electrons. The molecule has 0 bridgehead atoms. The Bertz CT molecular complexity index is 511. The Labute approximate surface area is 122 Å². The number of nitrogens with zero attached hydrogens (tertiary/aromatic N) is 1. The minimum atomic E-state index is -2.84. The molecule has 1 saturated heterocycles. The van der Waals surface area contributed by atoms with Gasteiger partial charge in [-0.25, -0.2) is 0 Å². The maximum absolute atomic E-state index is 12.4. The molecular weight excluding hydrogens is 280 g/mol. The topological polar surface area (TPSA) is 49.8 Å². The normalized spacial score (nSPS) is 19.2. The van der Waals surface area contributed by atoms with Gasteiger partial charge < -0.3 is 9.84 Å². The first-order valence-electron chi connectivity index (χ1n) is 6.90. The predicted molar refractivity (Wildman–Crippen MR) is 73.6 cm³/mol. The van der Waals surface area contributed by atoms with Gasteiger partial charge in [0.25, 0.3) is 0 Å². The van der Waals surface area contributed by atoms with Gasteiger partial charge in [-0.15, -0.1) is 0 Å². The lowest BCUT2D eigenvalue weighted by atomic mass is 10.0. The van der Waals surface area contributed by atoms with Gasteiger partial charge in [0.1, 0.15) is 11.8 Å². The van der Waals surface area contributed by atoms with Crippen molar-refractivity contribution in [3.63, 3.8) is 0 Å². The molecule has 1 heterocycles. The number of hydrogen-bond acceptors (Lipinski definition) is 3. The van der Waals surface area contributed by atoms with E-state index in [1.807, 2.05) is 4.90 Å². The van der Waals surface area contributed by atoms with Crippen LogP contribution >= 0.6 is 0 Å². The van der Waals surface area contributed by atoms with Crippen molar-refractivity contribution in [3.8, 4) is 5.75 Å². The maximum Gasteiger partial charge on any atom is 0.387 e. The van der Waals surface area contributed by atoms with Crippen LogP contribution in [-0.4, -0.2) is 35.2 Å². The second kappa shape index (κ2) is 6.39. The van der Waals surface area contributed by atoms with E-state index in [1.165, 1.54) is 0 Å². The molecule has 1 aliphatic rings. The van der Waals surface area contributed by atoms with Gasteiger partial charge in [0.2, 0.25) is 0 Å². The minimum Gasteiger partial charge on any atom is -0.480 e. The zero-order chi connectivity index (χ0) is 15.6. The minimum absolute atomic E-state index is 0.199. The number of carboxylic acid groups (broad SMARTS) is 1. The van der Waals surface area contributed by atoms with E-state index in [2.05, 4.69) is 4.74 Å². The third-order valence-corrected chi connectivity index (χ3v) is 3.76. The standard InChI is InChI=1S/C15H19F2NO3/c1-9-6-11(7-10(2)13(9)21-15(16)17)8-18-5-3-4-12(18)14(19)20/h6-7,12,15H,3-5,8H2,1-2H3,(H,19,20). The van der Waals surface area contributed by atoms with Gasteiger partial charge in [-0.2, -0.15) is 8.78 Å². The Kier molecular flexibility index (Phi) is 4.77. The van der Waals surface area contributed by atoms with Crippen LogP contribution in [0.4, 0.5) is 8.78 Å². The molecule has 4 nitrogen and oxygen atoms in total. The first kappa shape index (κ1) is 15.7. The molecule has 1 unspecified atom stereocenters. The number of hydrogen-bond donors (Lipinski definition) is 1. The summed E-state index contributed by atoms with van der Waals surface area (Å²) in [6.07, 6.45) is 1.52. The van der Waals surface area contributed by atoms with E-state index in [1.54, 1.807) is 26.0 Å². The molecule has 0 spiro atoms. The number of carbonyl (C=O) groups is 1. The number of halogens is 2. The summed E-state index contributed by atoms with van der Waals surface area (Å²) in [5, 5.41) is 9.17. The quantitative estimate of drug-likeness (QED) is 0.908. The molecule has 0 aliphatic carbocycles. The summed E-state index contributed by atoms with van der Waals surface area (Å²) >= 11 is 0. The molecule has 116 valence electrons. The lowest BCUT2D eigenvalue weighted by Crippen LogP contribution is -2.35. The summed E-state index contributed by atoms with van der Waals surface area (Å²) in [7, 11) is 0. The van der Waals surface area contributed by atoms with E-state index in [9.17, 15) is 13.6 Å². The van der Waals surface area contributed by atoms with E-state index in [0.29, 0.717) is 24.1 Å². The fourth-order valence-corrected chi connectivity index (χ4v) is 2.94. The highest BCUT2D eigenvalue weighted by Crippen LogP contribution is 2.28. The number of carboxylic acids is 1. The number of aryl methyl sites for hydroxylation is 2. The van der Waals surface area contributed by atoms with Crippen molar-refractivity contribution in [2.75, 3.05) is 6.54 Å². The molecule has 1 aliphatic heterocycles. The Morgan fingerprint density at radius 1 is 1.43 bits per heavy atom. The molecule has 1 fully saturated rings. The molecule has 0 aromatic heterocycles. The van der Waals surface area contributed by atoms with Crippen molar-refractivity contribution >= 4 is 5.97 Å². The van der Waals surface area contributed by atoms with Gasteiger partial charge in [0, 0.05) is 6.54 Å². The van der Waals surface area contributed by atoms with Gasteiger partial charge >= 0.3 is 12.6 Å². The fraction of sp³-hybridized carbons (Fsp3) is 0.533. The Hall–Kier alpha value is -1.69. The summed E-state index contributed by atoms with van der Waals surface area (Å²) in [5.74, 6) is -0.608. The van der Waals surface area contributed by atoms with Gasteiger partial charge in [-0.1, -0.05) is 12.1 Å². The first-order valence-corrected chi connectivity index (χ1v) is 6.90. The van der Waals surface area contributed by atoms with Crippen molar-refractivity contribution < 1.29 is 23.4 Å². The Morgan fingerprint density at radius 2 is 2.05 bits per heavy atom. The highest BCUT2D eigenvalue weighted by molar-refractivity contribution is 5.73. The van der Waals surface area contributed by atoms with Crippen molar-refractivity contribution in [1.82, 2.24) is 4.90 Å². The lowest BCUT2D eigenvalue weighted by Gasteiger charge is -2.22. The zero-order valence-electron chi connectivity index (χ0n) is 12.1. The third kappa shape index (κ3) is 3.69. The molecular formula is C15H19F2NO3. The Balaban J connectivity index is 2.16. The second-order valence-electron chi connectivity index (χ2n) is 5.40. The van der Waals surface area contributed by atoms with Crippen LogP contribution in [0.3, 0.4) is 0 Å². The van der Waals surface area contributed by atoms with Crippen LogP contribution < -0.4 is 4.74 Å². The summed E-state index contributed by atoms with van der Waals surface area (Å²) in [4.78, 5) is 13.1. The van der Waals surface area contributed by atoms with Gasteiger partial charge in [0.15, 0.2) is 0 Å². The average Bonchev–Trinajstić information content (AvgIpc) is 2.82. The predicted octanol–water partition coefficient (Wildman–Crippen LogP) is 2.95. The molecule has 1 aromatic carbocycles. The number of aliphatic carboxylic acids is 1. The van der Waals surface area contributed by atoms with Crippen molar-refractivity contribution in [3.05, 3.63) is 28.8 Å². The van der Waals surface area contributed by atoms with E-state index in [4.69, 9.17) is 5.11 Å². The Morgan fingerprint density at radius 3 is 2.57 bits per heavy atom. The monoisotopic (exact) mass is 299 g/mol. The van der Waals surface area contributed by atoms with Crippen LogP contribution in [-0.2, 0) is 11.3 Å². The largest absolute Gasteiger partial charge is 0.480 e. The third-order valence-electron chi connectivity index (χ3n) is 3.76. The van der Waals surface area contributed by atoms with Crippen LogP contribution in [0.15, 0.2) is 12.1 Å². The summed E-state index contributed by atoms with van der Waals surface area (Å²) in [6.45, 7) is 1.83. The van der Waals surface area contributed by atoms with Crippen LogP contribution in [0.2, 0.25) is 0 Å². The van der Waals surface area contributed by atoms with Gasteiger partial charge in [-0.05, 0) is 49.9 Å². The van der Waals surface area contributed by atoms with Crippen LogP contribution in [0, 0.1) is 13.8 Å². The van der Waals surface area contributed by atoms with Crippen LogP contribution in [0.1, 0.15) is 29.5 Å². The summed E-state index contributed by atoms with van der Waals surface area (Å²) < 4.78 is 29.2. The number of ether oxygens (including phenoxy) is 1. The number of likely N-dealkylation sites (tertiary alicyclic amines) is 1. The highest BCUT2D eigenvalue weighted by Gasteiger charge is 2.30. The molecule has 1 N–H and O–H groups in total. The molecule has 0 amide bonds. The van der Waals surface area contributed by atoms with Crippen LogP contribution in [0.25, 0.3) is 0 Å². The maximum atomic E-state index is 12.4. The molecule has 2 rings (SSSR count). The smallest absolute Gasteiger partial charge is 0.387 e. The molecule has 21 heavy (non-hydrogen) atoms. The zero-order valence-corrected chi connectivity index (χ0v) is 12.1. The molecule has 1 aromatic rings.